The van der Waals surface area contributed by atoms with Crippen LogP contribution in [0.15, 0.2) is 42.6 Å². The van der Waals surface area contributed by atoms with E-state index < -0.39 is 0 Å². The number of rotatable bonds is 6. The number of nitrogens with zero attached hydrogens (tertiary/aromatic N) is 1. The molecule has 0 radical (unpaired) electrons. The number of ether oxygens (including phenoxy) is 1. The Labute approximate surface area is 119 Å². The van der Waals surface area contributed by atoms with Crippen molar-refractivity contribution >= 4 is 11.6 Å². The van der Waals surface area contributed by atoms with Crippen LogP contribution in [0.3, 0.4) is 0 Å². The van der Waals surface area contributed by atoms with Gasteiger partial charge in [-0.2, -0.15) is 0 Å². The van der Waals surface area contributed by atoms with Gasteiger partial charge >= 0.3 is 0 Å². The molecule has 0 fully saturated rings. The van der Waals surface area contributed by atoms with E-state index in [0.717, 1.165) is 29.8 Å². The molecule has 3 heteroatoms. The van der Waals surface area contributed by atoms with Crippen LogP contribution in [0.5, 0.6) is 5.75 Å². The molecule has 2 nitrogen and oxygen atoms in total. The van der Waals surface area contributed by atoms with Gasteiger partial charge in [0, 0.05) is 24.2 Å². The summed E-state index contributed by atoms with van der Waals surface area (Å²) in [4.78, 5) is 4.41. The quantitative estimate of drug-likeness (QED) is 0.743. The SMILES string of the molecule is CCc1ccc(CCOc2ccc(CCl)cc2)nc1. The maximum absolute atomic E-state index is 5.74. The second kappa shape index (κ2) is 7.15. The molecule has 0 aliphatic carbocycles. The first-order valence-corrected chi connectivity index (χ1v) is 7.06. The van der Waals surface area contributed by atoms with Gasteiger partial charge in [-0.3, -0.25) is 4.98 Å². The second-order valence-corrected chi connectivity index (χ2v) is 4.65. The van der Waals surface area contributed by atoms with E-state index in [1.807, 2.05) is 30.5 Å². The van der Waals surface area contributed by atoms with E-state index in [9.17, 15) is 0 Å². The fourth-order valence-corrected chi connectivity index (χ4v) is 1.94. The number of benzene rings is 1. The molecule has 2 rings (SSSR count). The minimum absolute atomic E-state index is 0.536. The Morgan fingerprint density at radius 2 is 1.79 bits per heavy atom. The third-order valence-electron chi connectivity index (χ3n) is 3.00. The van der Waals surface area contributed by atoms with Crippen molar-refractivity contribution < 1.29 is 4.74 Å². The maximum Gasteiger partial charge on any atom is 0.119 e. The molecule has 0 bridgehead atoms. The lowest BCUT2D eigenvalue weighted by molar-refractivity contribution is 0.320. The lowest BCUT2D eigenvalue weighted by atomic mass is 10.2. The number of hydrogen-bond acceptors (Lipinski definition) is 2. The molecule has 1 aromatic heterocycles. The van der Waals surface area contributed by atoms with Gasteiger partial charge in [-0.05, 0) is 35.7 Å². The Hall–Kier alpha value is -1.54. The Morgan fingerprint density at radius 3 is 2.37 bits per heavy atom. The predicted molar refractivity (Wildman–Crippen MR) is 78.8 cm³/mol. The zero-order valence-electron chi connectivity index (χ0n) is 11.1. The van der Waals surface area contributed by atoms with Crippen LogP contribution in [-0.2, 0) is 18.7 Å². The largest absolute Gasteiger partial charge is 0.493 e. The Balaban J connectivity index is 1.81. The molecule has 100 valence electrons. The van der Waals surface area contributed by atoms with Crippen LogP contribution in [0.25, 0.3) is 0 Å². The normalized spacial score (nSPS) is 10.4. The molecule has 19 heavy (non-hydrogen) atoms. The average molecular weight is 276 g/mol. The van der Waals surface area contributed by atoms with Crippen molar-refractivity contribution in [3.05, 3.63) is 59.4 Å². The zero-order chi connectivity index (χ0) is 13.5. The summed E-state index contributed by atoms with van der Waals surface area (Å²) < 4.78 is 5.68. The fraction of sp³-hybridized carbons (Fsp3) is 0.312. The predicted octanol–water partition coefficient (Wildman–Crippen LogP) is 4.00. The molecule has 0 spiro atoms. The molecule has 0 atom stereocenters. The summed E-state index contributed by atoms with van der Waals surface area (Å²) in [6.45, 7) is 2.77. The number of alkyl halides is 1. The zero-order valence-corrected chi connectivity index (χ0v) is 11.9. The second-order valence-electron chi connectivity index (χ2n) is 4.39. The Bertz CT molecular complexity index is 446. The van der Waals surface area contributed by atoms with Crippen LogP contribution >= 0.6 is 11.6 Å². The summed E-state index contributed by atoms with van der Waals surface area (Å²) in [5.41, 5.74) is 3.43. The van der Waals surface area contributed by atoms with Gasteiger partial charge in [0.1, 0.15) is 5.75 Å². The van der Waals surface area contributed by atoms with Crippen molar-refractivity contribution in [3.8, 4) is 5.75 Å². The minimum atomic E-state index is 0.536. The van der Waals surface area contributed by atoms with Gasteiger partial charge in [0.05, 0.1) is 6.61 Å². The standard InChI is InChI=1S/C16H18ClNO/c1-2-13-3-6-15(18-12-13)9-10-19-16-7-4-14(11-17)5-8-16/h3-8,12H,2,9-11H2,1H3. The Morgan fingerprint density at radius 1 is 1.05 bits per heavy atom. The smallest absolute Gasteiger partial charge is 0.119 e. The van der Waals surface area contributed by atoms with Gasteiger partial charge in [-0.15, -0.1) is 11.6 Å². The molecular formula is C16H18ClNO. The molecule has 0 aliphatic heterocycles. The summed E-state index contributed by atoms with van der Waals surface area (Å²) in [7, 11) is 0. The topological polar surface area (TPSA) is 22.1 Å². The highest BCUT2D eigenvalue weighted by molar-refractivity contribution is 6.17. The number of halogens is 1. The summed E-state index contributed by atoms with van der Waals surface area (Å²) in [5, 5.41) is 0. The number of pyridine rings is 1. The van der Waals surface area contributed by atoms with Gasteiger partial charge in [0.15, 0.2) is 0 Å². The summed E-state index contributed by atoms with van der Waals surface area (Å²) in [5.74, 6) is 1.41. The molecule has 1 aromatic carbocycles. The van der Waals surface area contributed by atoms with Gasteiger partial charge in [-0.25, -0.2) is 0 Å². The Kier molecular flexibility index (Phi) is 5.22. The van der Waals surface area contributed by atoms with Crippen LogP contribution in [-0.4, -0.2) is 11.6 Å². The highest BCUT2D eigenvalue weighted by Crippen LogP contribution is 2.13. The number of hydrogen-bond donors (Lipinski definition) is 0. The molecule has 0 saturated heterocycles. The molecule has 0 unspecified atom stereocenters. The van der Waals surface area contributed by atoms with Gasteiger partial charge in [0.25, 0.3) is 0 Å². The van der Waals surface area contributed by atoms with Crippen LogP contribution in [0.4, 0.5) is 0 Å². The lowest BCUT2D eigenvalue weighted by Gasteiger charge is -2.06. The summed E-state index contributed by atoms with van der Waals surface area (Å²) in [6.07, 6.45) is 3.78. The molecule has 0 amide bonds. The van der Waals surface area contributed by atoms with Crippen molar-refractivity contribution in [1.29, 1.82) is 0 Å². The van der Waals surface area contributed by atoms with Crippen LogP contribution in [0, 0.1) is 0 Å². The highest BCUT2D eigenvalue weighted by atomic mass is 35.5. The third-order valence-corrected chi connectivity index (χ3v) is 3.31. The van der Waals surface area contributed by atoms with E-state index in [4.69, 9.17) is 16.3 Å². The van der Waals surface area contributed by atoms with Crippen molar-refractivity contribution in [3.63, 3.8) is 0 Å². The van der Waals surface area contributed by atoms with Crippen LogP contribution in [0.2, 0.25) is 0 Å². The molecular weight excluding hydrogens is 258 g/mol. The summed E-state index contributed by atoms with van der Waals surface area (Å²) >= 11 is 5.74. The molecule has 0 N–H and O–H groups in total. The molecule has 0 saturated carbocycles. The van der Waals surface area contributed by atoms with Crippen molar-refractivity contribution in [2.75, 3.05) is 6.61 Å². The summed E-state index contributed by atoms with van der Waals surface area (Å²) in [6, 6.07) is 12.1. The fourth-order valence-electron chi connectivity index (χ4n) is 1.76. The highest BCUT2D eigenvalue weighted by Gasteiger charge is 1.98. The van der Waals surface area contributed by atoms with Crippen LogP contribution in [0.1, 0.15) is 23.7 Å². The van der Waals surface area contributed by atoms with Gasteiger partial charge < -0.3 is 4.74 Å². The molecule has 2 aromatic rings. The minimum Gasteiger partial charge on any atom is -0.493 e. The van der Waals surface area contributed by atoms with Crippen molar-refractivity contribution in [1.82, 2.24) is 4.98 Å². The first kappa shape index (κ1) is 13.9. The third kappa shape index (κ3) is 4.25. The van der Waals surface area contributed by atoms with E-state index in [-0.39, 0.29) is 0 Å². The van der Waals surface area contributed by atoms with Crippen molar-refractivity contribution in [2.45, 2.75) is 25.6 Å². The number of aromatic nitrogens is 1. The maximum atomic E-state index is 5.74. The average Bonchev–Trinajstić information content (AvgIpc) is 2.49. The van der Waals surface area contributed by atoms with E-state index in [1.54, 1.807) is 0 Å². The molecule has 1 heterocycles. The van der Waals surface area contributed by atoms with E-state index in [0.29, 0.717) is 12.5 Å². The van der Waals surface area contributed by atoms with E-state index in [2.05, 4.69) is 24.0 Å². The van der Waals surface area contributed by atoms with Crippen molar-refractivity contribution in [2.24, 2.45) is 0 Å². The first-order chi connectivity index (χ1) is 9.31. The first-order valence-electron chi connectivity index (χ1n) is 6.53. The van der Waals surface area contributed by atoms with Gasteiger partial charge in [0.2, 0.25) is 0 Å². The van der Waals surface area contributed by atoms with E-state index in [1.165, 1.54) is 5.56 Å². The number of aryl methyl sites for hydroxylation is 1. The lowest BCUT2D eigenvalue weighted by Crippen LogP contribution is -2.03. The van der Waals surface area contributed by atoms with E-state index >= 15 is 0 Å². The van der Waals surface area contributed by atoms with Crippen LogP contribution < -0.4 is 4.74 Å². The monoisotopic (exact) mass is 275 g/mol. The molecule has 0 aliphatic rings. The van der Waals surface area contributed by atoms with Gasteiger partial charge in [-0.1, -0.05) is 25.1 Å².